The number of carbonyl (C=O) groups is 3. The summed E-state index contributed by atoms with van der Waals surface area (Å²) in [5.41, 5.74) is -0.222. The van der Waals surface area contributed by atoms with Crippen LogP contribution >= 0.6 is 23.1 Å². The Kier molecular flexibility index (Phi) is 4.31. The van der Waals surface area contributed by atoms with Crippen LogP contribution in [0.1, 0.15) is 25.1 Å². The fourth-order valence-electron chi connectivity index (χ4n) is 6.92. The van der Waals surface area contributed by atoms with E-state index >= 15 is 0 Å². The third-order valence-electron chi connectivity index (χ3n) is 8.14. The Morgan fingerprint density at radius 1 is 1.13 bits per heavy atom. The molecule has 5 aliphatic rings. The fraction of sp³-hybridized carbons (Fsp3) is 0.714. The number of ether oxygens (including phenoxy) is 1. The highest BCUT2D eigenvalue weighted by Gasteiger charge is 2.70. The molecule has 4 heterocycles. The van der Waals surface area contributed by atoms with Crippen molar-refractivity contribution in [3.05, 3.63) is 14.5 Å². The van der Waals surface area contributed by atoms with E-state index in [9.17, 15) is 19.2 Å². The van der Waals surface area contributed by atoms with Crippen LogP contribution in [0.15, 0.2) is 9.82 Å². The molecule has 6 rings (SSSR count). The van der Waals surface area contributed by atoms with Crippen molar-refractivity contribution in [2.45, 2.75) is 36.0 Å². The number of H-pyrrole nitrogens is 1. The summed E-state index contributed by atoms with van der Waals surface area (Å²) in [5, 5.41) is 1.15. The molecule has 0 spiro atoms. The Morgan fingerprint density at radius 2 is 1.81 bits per heavy atom. The van der Waals surface area contributed by atoms with Crippen LogP contribution in [0, 0.1) is 29.6 Å². The Balaban J connectivity index is 1.29. The number of nitrogens with one attached hydrogen (secondary N) is 1. The van der Waals surface area contributed by atoms with Crippen LogP contribution in [0.4, 0.5) is 0 Å². The maximum absolute atomic E-state index is 13.4. The molecule has 2 bridgehead atoms. The van der Waals surface area contributed by atoms with Crippen molar-refractivity contribution in [1.82, 2.24) is 14.8 Å². The lowest BCUT2D eigenvalue weighted by atomic mass is 9.64. The van der Waals surface area contributed by atoms with E-state index in [4.69, 9.17) is 4.74 Å². The van der Waals surface area contributed by atoms with Gasteiger partial charge in [0.25, 0.3) is 0 Å². The highest BCUT2D eigenvalue weighted by molar-refractivity contribution is 8.00. The molecule has 0 radical (unpaired) electrons. The molecule has 2 saturated carbocycles. The van der Waals surface area contributed by atoms with E-state index in [2.05, 4.69) is 18.8 Å². The second-order valence-corrected chi connectivity index (χ2v) is 12.0. The number of hydrogen-bond acceptors (Lipinski definition) is 7. The normalized spacial score (nSPS) is 37.7. The van der Waals surface area contributed by atoms with Crippen LogP contribution in [0.25, 0.3) is 0 Å². The van der Waals surface area contributed by atoms with Gasteiger partial charge in [0.15, 0.2) is 0 Å². The minimum Gasteiger partial charge on any atom is -0.378 e. The Hall–Kier alpha value is -1.65. The minimum absolute atomic E-state index is 0.0435. The summed E-state index contributed by atoms with van der Waals surface area (Å²) in [6.45, 7) is 6.17. The predicted molar refractivity (Wildman–Crippen MR) is 114 cm³/mol. The molecule has 8 nitrogen and oxygen atoms in total. The van der Waals surface area contributed by atoms with Crippen LogP contribution in [0.3, 0.4) is 0 Å². The van der Waals surface area contributed by atoms with Gasteiger partial charge in [0.05, 0.1) is 30.1 Å². The molecule has 6 atom stereocenters. The van der Waals surface area contributed by atoms with Gasteiger partial charge in [0, 0.05) is 28.6 Å². The van der Waals surface area contributed by atoms with E-state index in [1.165, 1.54) is 16.2 Å². The first kappa shape index (κ1) is 20.0. The molecular weight excluding hydrogens is 438 g/mol. The van der Waals surface area contributed by atoms with Crippen LogP contribution in [-0.4, -0.2) is 70.6 Å². The molecule has 1 aromatic heterocycles. The second kappa shape index (κ2) is 6.68. The monoisotopic (exact) mass is 463 g/mol. The lowest BCUT2D eigenvalue weighted by Gasteiger charge is -2.47. The minimum atomic E-state index is -0.327. The average Bonchev–Trinajstić information content (AvgIpc) is 3.47. The Morgan fingerprint density at radius 3 is 2.52 bits per heavy atom. The molecule has 4 fully saturated rings. The topological polar surface area (TPSA) is 99.8 Å². The lowest BCUT2D eigenvalue weighted by molar-refractivity contribution is -0.148. The Bertz CT molecular complexity index is 1040. The summed E-state index contributed by atoms with van der Waals surface area (Å²) in [7, 11) is 0. The zero-order valence-corrected chi connectivity index (χ0v) is 19.1. The van der Waals surface area contributed by atoms with Crippen LogP contribution in [0.5, 0.6) is 0 Å². The number of imide groups is 1. The summed E-state index contributed by atoms with van der Waals surface area (Å²) in [4.78, 5) is 58.4. The number of thiazole rings is 1. The third kappa shape index (κ3) is 2.64. The first-order chi connectivity index (χ1) is 14.8. The number of aromatic amines is 1. The van der Waals surface area contributed by atoms with Gasteiger partial charge in [-0.05, 0) is 24.2 Å². The zero-order valence-electron chi connectivity index (χ0n) is 17.5. The van der Waals surface area contributed by atoms with E-state index < -0.39 is 0 Å². The van der Waals surface area contributed by atoms with E-state index in [0.29, 0.717) is 26.3 Å². The molecule has 166 valence electrons. The molecule has 31 heavy (non-hydrogen) atoms. The van der Waals surface area contributed by atoms with Crippen LogP contribution < -0.4 is 4.87 Å². The van der Waals surface area contributed by atoms with Crippen molar-refractivity contribution in [2.24, 2.45) is 29.6 Å². The number of hydrogen-bond donors (Lipinski definition) is 1. The van der Waals surface area contributed by atoms with Crippen molar-refractivity contribution >= 4 is 40.8 Å². The van der Waals surface area contributed by atoms with Gasteiger partial charge in [-0.15, -0.1) is 11.8 Å². The van der Waals surface area contributed by atoms with E-state index in [1.54, 1.807) is 16.7 Å². The maximum Gasteiger partial charge on any atom is 0.305 e. The van der Waals surface area contributed by atoms with Crippen molar-refractivity contribution in [1.29, 1.82) is 0 Å². The molecule has 0 unspecified atom stereocenters. The average molecular weight is 464 g/mol. The SMILES string of the molecule is CC1(C)c2sc(=O)[nH]c2S[C@@H]2[C@@H]3C[C@H]([C@H]4C(=O)N(CC(=O)N5CCOCC5)C(=O)[C@H]34)[C@H]21. The quantitative estimate of drug-likeness (QED) is 0.655. The van der Waals surface area contributed by atoms with Gasteiger partial charge < -0.3 is 14.6 Å². The van der Waals surface area contributed by atoms with Gasteiger partial charge in [-0.25, -0.2) is 0 Å². The summed E-state index contributed by atoms with van der Waals surface area (Å²) >= 11 is 2.96. The third-order valence-corrected chi connectivity index (χ3v) is 10.9. The number of amides is 3. The first-order valence-electron chi connectivity index (χ1n) is 10.9. The molecule has 10 heteroatoms. The van der Waals surface area contributed by atoms with Crippen molar-refractivity contribution < 1.29 is 19.1 Å². The summed E-state index contributed by atoms with van der Waals surface area (Å²) < 4.78 is 5.30. The van der Waals surface area contributed by atoms with E-state index in [0.717, 1.165) is 16.3 Å². The Labute approximate surface area is 187 Å². The van der Waals surface area contributed by atoms with Crippen LogP contribution in [0.2, 0.25) is 0 Å². The van der Waals surface area contributed by atoms with Crippen molar-refractivity contribution in [3.63, 3.8) is 0 Å². The molecule has 1 N–H and O–H groups in total. The molecule has 3 aliphatic heterocycles. The number of rotatable bonds is 2. The second-order valence-electron chi connectivity index (χ2n) is 9.87. The number of fused-ring (bicyclic) bond motifs is 9. The first-order valence-corrected chi connectivity index (χ1v) is 12.6. The number of aromatic nitrogens is 1. The molecular formula is C21H25N3O5S2. The van der Waals surface area contributed by atoms with Crippen molar-refractivity contribution in [2.75, 3.05) is 32.8 Å². The van der Waals surface area contributed by atoms with E-state index in [-0.39, 0.29) is 69.4 Å². The fourth-order valence-corrected chi connectivity index (χ4v) is 10.1. The zero-order chi connectivity index (χ0) is 21.7. The molecule has 2 saturated heterocycles. The van der Waals surface area contributed by atoms with Gasteiger partial charge in [-0.2, -0.15) is 0 Å². The number of likely N-dealkylation sites (tertiary alicyclic amines) is 1. The lowest BCUT2D eigenvalue weighted by Crippen LogP contribution is -2.48. The number of nitrogens with zero attached hydrogens (tertiary/aromatic N) is 2. The predicted octanol–water partition coefficient (Wildman–Crippen LogP) is 0.914. The molecule has 1 aromatic rings. The number of thioether (sulfide) groups is 1. The molecule has 3 amide bonds. The molecule has 0 aromatic carbocycles. The smallest absolute Gasteiger partial charge is 0.305 e. The van der Waals surface area contributed by atoms with Gasteiger partial charge in [0.1, 0.15) is 6.54 Å². The van der Waals surface area contributed by atoms with Gasteiger partial charge in [-0.1, -0.05) is 25.2 Å². The van der Waals surface area contributed by atoms with Crippen molar-refractivity contribution in [3.8, 4) is 0 Å². The highest BCUT2D eigenvalue weighted by atomic mass is 32.2. The standard InChI is InChI=1S/C21H25N3O5S2/c1-21(2)14-9-7-10(15(14)30-17-16(21)31-20(28)22-17)13-12(9)18(26)24(19(13)27)8-11(25)23-3-5-29-6-4-23/h9-10,12-15H,3-8H2,1-2H3,(H,22,28)/t9-,10-,12-,13-,14-,15-/m1/s1. The number of morpholine rings is 1. The number of carbonyl (C=O) groups excluding carboxylic acids is 3. The summed E-state index contributed by atoms with van der Waals surface area (Å²) in [6.07, 6.45) is 0.878. The molecule has 2 aliphatic carbocycles. The van der Waals surface area contributed by atoms with Gasteiger partial charge >= 0.3 is 4.87 Å². The van der Waals surface area contributed by atoms with Gasteiger partial charge in [0.2, 0.25) is 17.7 Å². The van der Waals surface area contributed by atoms with Crippen LogP contribution in [-0.2, 0) is 24.5 Å². The largest absolute Gasteiger partial charge is 0.378 e. The summed E-state index contributed by atoms with van der Waals surface area (Å²) in [6, 6.07) is 0. The maximum atomic E-state index is 13.4. The summed E-state index contributed by atoms with van der Waals surface area (Å²) in [5.74, 6) is -0.700. The van der Waals surface area contributed by atoms with Gasteiger partial charge in [-0.3, -0.25) is 24.1 Å². The highest BCUT2D eigenvalue weighted by Crippen LogP contribution is 2.68. The van der Waals surface area contributed by atoms with E-state index in [1.807, 2.05) is 0 Å².